The highest BCUT2D eigenvalue weighted by molar-refractivity contribution is 5.93. The molecule has 1 aliphatic heterocycles. The summed E-state index contributed by atoms with van der Waals surface area (Å²) in [6.07, 6.45) is 1.16. The Bertz CT molecular complexity index is 498. The molecule has 7 nitrogen and oxygen atoms in total. The molecule has 0 aromatic carbocycles. The Morgan fingerprint density at radius 1 is 1.25 bits per heavy atom. The highest BCUT2D eigenvalue weighted by Gasteiger charge is 2.20. The van der Waals surface area contributed by atoms with Crippen LogP contribution >= 0.6 is 0 Å². The molecule has 0 spiro atoms. The number of aromatic nitrogens is 2. The molecule has 16 heavy (non-hydrogen) atoms. The van der Waals surface area contributed by atoms with Gasteiger partial charge in [0.15, 0.2) is 0 Å². The van der Waals surface area contributed by atoms with Gasteiger partial charge in [0.2, 0.25) is 0 Å². The Morgan fingerprint density at radius 3 is 2.56 bits per heavy atom. The quantitative estimate of drug-likeness (QED) is 0.519. The van der Waals surface area contributed by atoms with Crippen LogP contribution in [0.5, 0.6) is 0 Å². The lowest BCUT2D eigenvalue weighted by atomic mass is 10.2. The van der Waals surface area contributed by atoms with Gasteiger partial charge in [-0.05, 0) is 0 Å². The van der Waals surface area contributed by atoms with Gasteiger partial charge in [-0.3, -0.25) is 14.6 Å². The number of hydrogen-bond acceptors (Lipinski definition) is 4. The number of nitrogens with zero attached hydrogens (tertiary/aromatic N) is 1. The van der Waals surface area contributed by atoms with E-state index in [-0.39, 0.29) is 11.5 Å². The van der Waals surface area contributed by atoms with E-state index >= 15 is 0 Å². The molecule has 0 radical (unpaired) electrons. The van der Waals surface area contributed by atoms with E-state index in [1.807, 2.05) is 4.98 Å². The van der Waals surface area contributed by atoms with Crippen LogP contribution in [-0.2, 0) is 0 Å². The Balaban J connectivity index is 2.26. The summed E-state index contributed by atoms with van der Waals surface area (Å²) in [6.45, 7) is 2.56. The molecule has 0 saturated carbocycles. The average molecular weight is 224 g/mol. The fraction of sp³-hybridized carbons (Fsp3) is 0.444. The van der Waals surface area contributed by atoms with Crippen LogP contribution in [0.1, 0.15) is 10.4 Å². The van der Waals surface area contributed by atoms with Crippen molar-refractivity contribution in [3.63, 3.8) is 0 Å². The minimum atomic E-state index is -0.646. The molecule has 0 bridgehead atoms. The number of carbonyl (C=O) groups excluding carboxylic acids is 1. The van der Waals surface area contributed by atoms with E-state index in [2.05, 4.69) is 10.3 Å². The first kappa shape index (κ1) is 10.6. The SMILES string of the molecule is O=C(c1c[nH]c(=O)[nH]c1=O)N1CCNCC1. The lowest BCUT2D eigenvalue weighted by Crippen LogP contribution is -2.47. The van der Waals surface area contributed by atoms with E-state index in [1.165, 1.54) is 0 Å². The van der Waals surface area contributed by atoms with Crippen LogP contribution in [0.15, 0.2) is 15.8 Å². The van der Waals surface area contributed by atoms with Gasteiger partial charge in [0.25, 0.3) is 11.5 Å². The molecule has 86 valence electrons. The Kier molecular flexibility index (Phi) is 2.86. The first-order chi connectivity index (χ1) is 7.68. The molecule has 1 aromatic rings. The maximum Gasteiger partial charge on any atom is 0.325 e. The molecule has 2 heterocycles. The molecular formula is C9H12N4O3. The van der Waals surface area contributed by atoms with Crippen molar-refractivity contribution in [3.05, 3.63) is 32.6 Å². The maximum absolute atomic E-state index is 11.9. The molecule has 1 fully saturated rings. The fourth-order valence-electron chi connectivity index (χ4n) is 1.61. The van der Waals surface area contributed by atoms with Crippen LogP contribution in [0, 0.1) is 0 Å². The standard InChI is InChI=1S/C9H12N4O3/c14-7-6(5-11-9(16)12-7)8(15)13-3-1-10-2-4-13/h5,10H,1-4H2,(H2,11,12,14,16). The molecule has 1 saturated heterocycles. The topological polar surface area (TPSA) is 98.1 Å². The van der Waals surface area contributed by atoms with Gasteiger partial charge >= 0.3 is 5.69 Å². The van der Waals surface area contributed by atoms with Crippen molar-refractivity contribution in [2.75, 3.05) is 26.2 Å². The average Bonchev–Trinajstić information content (AvgIpc) is 2.29. The Labute approximate surface area is 90.5 Å². The third kappa shape index (κ3) is 2.03. The predicted molar refractivity (Wildman–Crippen MR) is 56.5 cm³/mol. The molecule has 0 atom stereocenters. The van der Waals surface area contributed by atoms with Crippen LogP contribution < -0.4 is 16.6 Å². The number of carbonyl (C=O) groups is 1. The summed E-state index contributed by atoms with van der Waals surface area (Å²) in [7, 11) is 0. The van der Waals surface area contributed by atoms with Crippen molar-refractivity contribution >= 4 is 5.91 Å². The van der Waals surface area contributed by atoms with E-state index in [1.54, 1.807) is 4.90 Å². The zero-order valence-electron chi connectivity index (χ0n) is 8.58. The number of aromatic amines is 2. The second kappa shape index (κ2) is 4.31. The predicted octanol–water partition coefficient (Wildman–Crippen LogP) is -1.89. The molecule has 0 unspecified atom stereocenters. The summed E-state index contributed by atoms with van der Waals surface area (Å²) < 4.78 is 0. The number of amides is 1. The lowest BCUT2D eigenvalue weighted by Gasteiger charge is -2.26. The highest BCUT2D eigenvalue weighted by atomic mass is 16.2. The van der Waals surface area contributed by atoms with Gasteiger partial charge in [-0.1, -0.05) is 0 Å². The number of rotatable bonds is 1. The summed E-state index contributed by atoms with van der Waals surface area (Å²) in [4.78, 5) is 40.0. The zero-order valence-corrected chi connectivity index (χ0v) is 8.58. The first-order valence-electron chi connectivity index (χ1n) is 5.00. The van der Waals surface area contributed by atoms with E-state index in [4.69, 9.17) is 0 Å². The molecule has 2 rings (SSSR count). The van der Waals surface area contributed by atoms with E-state index in [9.17, 15) is 14.4 Å². The summed E-state index contributed by atoms with van der Waals surface area (Å²) in [5.74, 6) is -0.348. The largest absolute Gasteiger partial charge is 0.336 e. The molecule has 1 aliphatic rings. The van der Waals surface area contributed by atoms with Crippen molar-refractivity contribution < 1.29 is 4.79 Å². The van der Waals surface area contributed by atoms with Crippen LogP contribution in [0.3, 0.4) is 0 Å². The van der Waals surface area contributed by atoms with Gasteiger partial charge in [-0.15, -0.1) is 0 Å². The number of H-pyrrole nitrogens is 2. The van der Waals surface area contributed by atoms with Crippen molar-refractivity contribution in [1.82, 2.24) is 20.2 Å². The number of piperazine rings is 1. The zero-order chi connectivity index (χ0) is 11.5. The first-order valence-corrected chi connectivity index (χ1v) is 5.00. The third-order valence-corrected chi connectivity index (χ3v) is 2.45. The second-order valence-electron chi connectivity index (χ2n) is 3.53. The van der Waals surface area contributed by atoms with Crippen LogP contribution in [0.2, 0.25) is 0 Å². The molecule has 1 amide bonds. The van der Waals surface area contributed by atoms with Gasteiger partial charge < -0.3 is 15.2 Å². The third-order valence-electron chi connectivity index (χ3n) is 2.45. The van der Waals surface area contributed by atoms with Crippen LogP contribution in [-0.4, -0.2) is 47.0 Å². The van der Waals surface area contributed by atoms with Gasteiger partial charge in [0, 0.05) is 32.4 Å². The molecule has 1 aromatic heterocycles. The van der Waals surface area contributed by atoms with Crippen molar-refractivity contribution in [2.24, 2.45) is 0 Å². The normalized spacial score (nSPS) is 16.1. The maximum atomic E-state index is 11.9. The molecule has 3 N–H and O–H groups in total. The van der Waals surface area contributed by atoms with Crippen LogP contribution in [0.25, 0.3) is 0 Å². The van der Waals surface area contributed by atoms with Crippen molar-refractivity contribution in [2.45, 2.75) is 0 Å². The molecule has 0 aliphatic carbocycles. The number of hydrogen-bond donors (Lipinski definition) is 3. The van der Waals surface area contributed by atoms with Crippen molar-refractivity contribution in [3.8, 4) is 0 Å². The summed E-state index contributed by atoms with van der Waals surface area (Å²) >= 11 is 0. The summed E-state index contributed by atoms with van der Waals surface area (Å²) in [5.41, 5.74) is -1.28. The van der Waals surface area contributed by atoms with Gasteiger partial charge in [-0.2, -0.15) is 0 Å². The highest BCUT2D eigenvalue weighted by Crippen LogP contribution is 1.99. The minimum Gasteiger partial charge on any atom is -0.336 e. The van der Waals surface area contributed by atoms with Crippen LogP contribution in [0.4, 0.5) is 0 Å². The number of nitrogens with one attached hydrogen (secondary N) is 3. The summed E-state index contributed by atoms with van der Waals surface area (Å²) in [5, 5.41) is 3.11. The minimum absolute atomic E-state index is 0.0264. The molecular weight excluding hydrogens is 212 g/mol. The Morgan fingerprint density at radius 2 is 1.94 bits per heavy atom. The molecule has 7 heteroatoms. The summed E-state index contributed by atoms with van der Waals surface area (Å²) in [6, 6.07) is 0. The lowest BCUT2D eigenvalue weighted by molar-refractivity contribution is 0.0733. The van der Waals surface area contributed by atoms with E-state index in [0.29, 0.717) is 26.2 Å². The van der Waals surface area contributed by atoms with Crippen molar-refractivity contribution in [1.29, 1.82) is 0 Å². The fourth-order valence-corrected chi connectivity index (χ4v) is 1.61. The Hall–Kier alpha value is -1.89. The van der Waals surface area contributed by atoms with E-state index in [0.717, 1.165) is 6.20 Å². The van der Waals surface area contributed by atoms with Gasteiger partial charge in [0.1, 0.15) is 5.56 Å². The van der Waals surface area contributed by atoms with Gasteiger partial charge in [0.05, 0.1) is 0 Å². The smallest absolute Gasteiger partial charge is 0.325 e. The van der Waals surface area contributed by atoms with Gasteiger partial charge in [-0.25, -0.2) is 4.79 Å². The van der Waals surface area contributed by atoms with E-state index < -0.39 is 11.2 Å². The second-order valence-corrected chi connectivity index (χ2v) is 3.53. The monoisotopic (exact) mass is 224 g/mol.